The van der Waals surface area contributed by atoms with Gasteiger partial charge in [0.1, 0.15) is 23.3 Å². The van der Waals surface area contributed by atoms with Crippen molar-refractivity contribution in [2.45, 2.75) is 0 Å². The van der Waals surface area contributed by atoms with Crippen LogP contribution in [0.2, 0.25) is 0 Å². The Labute approximate surface area is 471 Å². The van der Waals surface area contributed by atoms with Gasteiger partial charge in [-0.15, -0.1) is 22.7 Å². The Morgan fingerprint density at radius 2 is 0.864 bits per heavy atom. The largest absolute Gasteiger partial charge is 0.455 e. The molecule has 0 aliphatic heterocycles. The number of thiophene rings is 2. The van der Waals surface area contributed by atoms with E-state index in [9.17, 15) is 10.5 Å². The second-order valence-electron chi connectivity index (χ2n) is 20.8. The third kappa shape index (κ3) is 6.45. The second kappa shape index (κ2) is 17.5. The van der Waals surface area contributed by atoms with Crippen molar-refractivity contribution in [1.29, 1.82) is 10.5 Å². The Balaban J connectivity index is 1.11. The first-order valence-corrected chi connectivity index (χ1v) is 28.7. The van der Waals surface area contributed by atoms with Gasteiger partial charge in [-0.3, -0.25) is 0 Å². The highest BCUT2D eigenvalue weighted by molar-refractivity contribution is 7.27. The maximum atomic E-state index is 12.4. The Kier molecular flexibility index (Phi) is 9.82. The molecule has 17 rings (SSSR count). The molecule has 17 aromatic rings. The molecule has 0 aliphatic carbocycles. The quantitative estimate of drug-likeness (QED) is 0.167. The first-order chi connectivity index (χ1) is 40.1. The molecule has 374 valence electrons. The van der Waals surface area contributed by atoms with E-state index < -0.39 is 0 Å². The van der Waals surface area contributed by atoms with Crippen molar-refractivity contribution in [3.63, 3.8) is 0 Å². The number of fused-ring (bicyclic) bond motifs is 17. The summed E-state index contributed by atoms with van der Waals surface area (Å²) in [5.41, 5.74) is 15.0. The zero-order valence-electron chi connectivity index (χ0n) is 43.1. The predicted octanol–water partition coefficient (Wildman–Crippen LogP) is 20.9. The van der Waals surface area contributed by atoms with Crippen LogP contribution in [-0.4, -0.2) is 9.13 Å². The summed E-state index contributed by atoms with van der Waals surface area (Å²) in [6, 6.07) is 91.1. The van der Waals surface area contributed by atoms with Crippen LogP contribution in [0.5, 0.6) is 0 Å². The van der Waals surface area contributed by atoms with Crippen molar-refractivity contribution in [2.75, 3.05) is 0 Å². The molecule has 81 heavy (non-hydrogen) atoms. The maximum Gasteiger partial charge on any atom is 0.143 e. The number of benzene rings is 12. The fourth-order valence-corrected chi connectivity index (χ4v) is 15.7. The fraction of sp³-hybridized carbons (Fsp3) is 0. The van der Waals surface area contributed by atoms with E-state index >= 15 is 0 Å². The third-order valence-electron chi connectivity index (χ3n) is 16.6. The summed E-state index contributed by atoms with van der Waals surface area (Å²) >= 11 is 3.59. The van der Waals surface area contributed by atoms with Gasteiger partial charge in [0.15, 0.2) is 0 Å². The van der Waals surface area contributed by atoms with Crippen LogP contribution in [0.15, 0.2) is 247 Å². The third-order valence-corrected chi connectivity index (χ3v) is 19.0. The molecule has 7 heteroatoms. The number of furan rings is 1. The highest BCUT2D eigenvalue weighted by Gasteiger charge is 2.33. The Bertz CT molecular complexity index is 5610. The predicted molar refractivity (Wildman–Crippen MR) is 339 cm³/mol. The van der Waals surface area contributed by atoms with Crippen LogP contribution in [0.3, 0.4) is 0 Å². The molecule has 0 N–H and O–H groups in total. The summed E-state index contributed by atoms with van der Waals surface area (Å²) in [6.45, 7) is 0. The summed E-state index contributed by atoms with van der Waals surface area (Å²) in [5.74, 6) is 0. The first-order valence-electron chi connectivity index (χ1n) is 27.0. The first kappa shape index (κ1) is 45.5. The average molecular weight is 1070 g/mol. The molecular weight excluding hydrogens is 1020 g/mol. The van der Waals surface area contributed by atoms with E-state index in [-0.39, 0.29) is 0 Å². The highest BCUT2D eigenvalue weighted by Crippen LogP contribution is 2.53. The molecule has 12 aromatic carbocycles. The van der Waals surface area contributed by atoms with Gasteiger partial charge >= 0.3 is 0 Å². The standard InChI is InChI=1S/C74H40N4OS2/c75-41-58-65(44-20-6-2-7-21-44)59(42-76)69(78-70-53(36-38-56-52-26-12-15-32-63(52)80-73(56)70)54-37-39-57-67-47(43-18-4-1-5-19-43)27-17-33-64(67)81-74(57)71(54)78)66(45-22-8-3-9-23-45)68(58)77-60-30-13-10-24-49(60)50-35-34-46(40-61(50)77)48-28-16-29-55-51-25-11-14-31-62(51)79-72(48)55/h1-40H. The van der Waals surface area contributed by atoms with Crippen molar-refractivity contribution in [3.05, 3.63) is 254 Å². The number of hydrogen-bond acceptors (Lipinski definition) is 5. The van der Waals surface area contributed by atoms with Crippen molar-refractivity contribution in [2.24, 2.45) is 0 Å². The van der Waals surface area contributed by atoms with Gasteiger partial charge in [0.25, 0.3) is 0 Å². The molecule has 5 heterocycles. The van der Waals surface area contributed by atoms with Crippen LogP contribution in [0.25, 0.3) is 162 Å². The topological polar surface area (TPSA) is 70.6 Å². The minimum Gasteiger partial charge on any atom is -0.455 e. The van der Waals surface area contributed by atoms with Gasteiger partial charge in [-0.1, -0.05) is 212 Å². The molecule has 0 saturated heterocycles. The van der Waals surface area contributed by atoms with Gasteiger partial charge in [0.2, 0.25) is 0 Å². The summed E-state index contributed by atoms with van der Waals surface area (Å²) in [4.78, 5) is 0. The lowest BCUT2D eigenvalue weighted by atomic mass is 9.86. The zero-order chi connectivity index (χ0) is 53.4. The van der Waals surface area contributed by atoms with Crippen molar-refractivity contribution >= 4 is 129 Å². The molecule has 0 radical (unpaired) electrons. The highest BCUT2D eigenvalue weighted by atomic mass is 32.1. The molecule has 0 spiro atoms. The molecule has 0 aliphatic rings. The Morgan fingerprint density at radius 3 is 1.60 bits per heavy atom. The average Bonchev–Trinajstić information content (AvgIpc) is 2.73. The maximum absolute atomic E-state index is 12.4. The molecular formula is C74H40N4OS2. The van der Waals surface area contributed by atoms with E-state index in [2.05, 4.69) is 215 Å². The van der Waals surface area contributed by atoms with Gasteiger partial charge in [-0.2, -0.15) is 10.5 Å². The monoisotopic (exact) mass is 1060 g/mol. The Morgan fingerprint density at radius 1 is 0.346 bits per heavy atom. The molecule has 0 atom stereocenters. The number of nitrogens with zero attached hydrogens (tertiary/aromatic N) is 4. The molecule has 0 bridgehead atoms. The van der Waals surface area contributed by atoms with Crippen molar-refractivity contribution in [1.82, 2.24) is 9.13 Å². The van der Waals surface area contributed by atoms with Crippen LogP contribution in [-0.2, 0) is 0 Å². The van der Waals surface area contributed by atoms with Gasteiger partial charge in [0.05, 0.1) is 54.0 Å². The minimum atomic E-state index is 0.403. The molecule has 0 amide bonds. The van der Waals surface area contributed by atoms with Gasteiger partial charge in [-0.25, -0.2) is 0 Å². The summed E-state index contributed by atoms with van der Waals surface area (Å²) in [6.07, 6.45) is 0. The second-order valence-corrected chi connectivity index (χ2v) is 22.9. The number of rotatable bonds is 6. The lowest BCUT2D eigenvalue weighted by Gasteiger charge is -2.25. The molecule has 0 fully saturated rings. The summed E-state index contributed by atoms with van der Waals surface area (Å²) in [5, 5.41) is 35.7. The number of nitriles is 2. The molecule has 0 saturated carbocycles. The van der Waals surface area contributed by atoms with E-state index in [1.165, 1.54) is 25.7 Å². The van der Waals surface area contributed by atoms with Gasteiger partial charge in [0, 0.05) is 80.0 Å². The minimum absolute atomic E-state index is 0.403. The number of para-hydroxylation sites is 3. The number of hydrogen-bond donors (Lipinski definition) is 0. The lowest BCUT2D eigenvalue weighted by molar-refractivity contribution is 0.670. The van der Waals surface area contributed by atoms with Crippen molar-refractivity contribution in [3.8, 4) is 68.0 Å². The van der Waals surface area contributed by atoms with Crippen LogP contribution >= 0.6 is 22.7 Å². The normalized spacial score (nSPS) is 11.9. The van der Waals surface area contributed by atoms with E-state index in [0.29, 0.717) is 28.1 Å². The van der Waals surface area contributed by atoms with Crippen LogP contribution in [0, 0.1) is 22.7 Å². The smallest absolute Gasteiger partial charge is 0.143 e. The molecule has 0 unspecified atom stereocenters. The van der Waals surface area contributed by atoms with Crippen LogP contribution < -0.4 is 0 Å². The van der Waals surface area contributed by atoms with E-state index in [1.807, 2.05) is 48.5 Å². The van der Waals surface area contributed by atoms with Crippen LogP contribution in [0.1, 0.15) is 11.1 Å². The number of aromatic nitrogens is 2. The molecule has 5 nitrogen and oxygen atoms in total. The zero-order valence-corrected chi connectivity index (χ0v) is 44.7. The molecule has 5 aromatic heterocycles. The fourth-order valence-electron chi connectivity index (χ4n) is 13.2. The summed E-state index contributed by atoms with van der Waals surface area (Å²) in [7, 11) is 0. The Hall–Kier alpha value is -10.5. The van der Waals surface area contributed by atoms with E-state index in [0.717, 1.165) is 119 Å². The SMILES string of the molecule is N#Cc1c(-c2ccccc2)c(C#N)c(-n2c3c(ccc4c5ccccc5sc43)c3ccc4c(sc5cccc(-c6ccccc6)c54)c32)c(-c2ccccc2)c1-n1c2ccccc2c2ccc(-c3cccc4c3oc3ccccc34)cc21. The van der Waals surface area contributed by atoms with Gasteiger partial charge < -0.3 is 13.6 Å². The van der Waals surface area contributed by atoms with Crippen molar-refractivity contribution < 1.29 is 4.42 Å². The van der Waals surface area contributed by atoms with E-state index in [1.54, 1.807) is 22.7 Å². The van der Waals surface area contributed by atoms with Crippen LogP contribution in [0.4, 0.5) is 0 Å². The summed E-state index contributed by atoms with van der Waals surface area (Å²) < 4.78 is 16.1. The van der Waals surface area contributed by atoms with Gasteiger partial charge in [-0.05, 0) is 58.1 Å². The lowest BCUT2D eigenvalue weighted by Crippen LogP contribution is -2.11. The van der Waals surface area contributed by atoms with E-state index in [4.69, 9.17) is 4.42 Å².